The molecule has 0 bridgehead atoms. The van der Waals surface area contributed by atoms with E-state index >= 15 is 0 Å². The molecule has 1 aromatic rings. The molecule has 1 aromatic carbocycles. The molecule has 0 atom stereocenters. The minimum absolute atomic E-state index is 0.0361. The van der Waals surface area contributed by atoms with Gasteiger partial charge < -0.3 is 15.4 Å². The van der Waals surface area contributed by atoms with Crippen molar-refractivity contribution in [1.29, 1.82) is 0 Å². The Kier molecular flexibility index (Phi) is 8.12. The number of benzene rings is 1. The maximum atomic E-state index is 12.4. The monoisotopic (exact) mass is 362 g/mol. The number of rotatable bonds is 7. The average Bonchev–Trinajstić information content (AvgIpc) is 2.49. The van der Waals surface area contributed by atoms with E-state index in [1.54, 1.807) is 0 Å². The lowest BCUT2D eigenvalue weighted by atomic mass is 9.92. The maximum Gasteiger partial charge on any atom is 0.407 e. The van der Waals surface area contributed by atoms with Gasteiger partial charge in [0.15, 0.2) is 0 Å². The van der Waals surface area contributed by atoms with E-state index < -0.39 is 11.7 Å². The molecule has 0 aliphatic carbocycles. The number of carbonyl (C=O) groups is 2. The van der Waals surface area contributed by atoms with Crippen LogP contribution in [0.2, 0.25) is 0 Å². The van der Waals surface area contributed by atoms with Crippen LogP contribution in [-0.2, 0) is 9.53 Å². The van der Waals surface area contributed by atoms with Gasteiger partial charge in [0, 0.05) is 18.7 Å². The zero-order valence-electron chi connectivity index (χ0n) is 17.2. The van der Waals surface area contributed by atoms with Crippen molar-refractivity contribution < 1.29 is 14.3 Å². The summed E-state index contributed by atoms with van der Waals surface area (Å²) in [5.41, 5.74) is 2.71. The summed E-state index contributed by atoms with van der Waals surface area (Å²) in [5.74, 6) is 0.627. The van der Waals surface area contributed by atoms with E-state index in [2.05, 4.69) is 50.5 Å². The molecular formula is C21H34N2O3. The van der Waals surface area contributed by atoms with Crippen LogP contribution in [0.25, 0.3) is 0 Å². The first-order chi connectivity index (χ1) is 12.0. The van der Waals surface area contributed by atoms with E-state index in [0.717, 1.165) is 16.8 Å². The lowest BCUT2D eigenvalue weighted by Crippen LogP contribution is -2.33. The van der Waals surface area contributed by atoms with E-state index in [4.69, 9.17) is 4.74 Å². The van der Waals surface area contributed by atoms with Crippen LogP contribution < -0.4 is 10.6 Å². The van der Waals surface area contributed by atoms with E-state index in [-0.39, 0.29) is 5.91 Å². The summed E-state index contributed by atoms with van der Waals surface area (Å²) in [4.78, 5) is 24.0. The van der Waals surface area contributed by atoms with Crippen molar-refractivity contribution in [2.45, 2.75) is 78.7 Å². The van der Waals surface area contributed by atoms with Crippen LogP contribution >= 0.6 is 0 Å². The molecule has 0 aliphatic rings. The van der Waals surface area contributed by atoms with Crippen LogP contribution in [0.15, 0.2) is 18.2 Å². The number of hydrogen-bond acceptors (Lipinski definition) is 3. The minimum Gasteiger partial charge on any atom is -0.444 e. The fraction of sp³-hybridized carbons (Fsp3) is 0.619. The zero-order chi connectivity index (χ0) is 19.9. The Labute approximate surface area is 157 Å². The first kappa shape index (κ1) is 22.0. The predicted octanol–water partition coefficient (Wildman–Crippen LogP) is 5.18. The number of hydrogen-bond donors (Lipinski definition) is 2. The van der Waals surface area contributed by atoms with E-state index in [0.29, 0.717) is 31.2 Å². The van der Waals surface area contributed by atoms with Crippen molar-refractivity contribution in [1.82, 2.24) is 5.32 Å². The summed E-state index contributed by atoms with van der Waals surface area (Å²) >= 11 is 0. The quantitative estimate of drug-likeness (QED) is 0.657. The van der Waals surface area contributed by atoms with E-state index in [9.17, 15) is 9.59 Å². The molecule has 0 aliphatic heterocycles. The SMILES string of the molecule is CC(C)c1cccc(C(C)C)c1NC(=O)CCCNC(=O)OC(C)(C)C. The molecule has 0 unspecified atom stereocenters. The molecule has 26 heavy (non-hydrogen) atoms. The van der Waals surface area contributed by atoms with Crippen molar-refractivity contribution in [3.05, 3.63) is 29.3 Å². The van der Waals surface area contributed by atoms with Crippen molar-refractivity contribution in [2.24, 2.45) is 0 Å². The van der Waals surface area contributed by atoms with Crippen LogP contribution in [0.4, 0.5) is 10.5 Å². The number of ether oxygens (including phenoxy) is 1. The fourth-order valence-corrected chi connectivity index (χ4v) is 2.65. The lowest BCUT2D eigenvalue weighted by Gasteiger charge is -2.20. The number of amides is 2. The average molecular weight is 363 g/mol. The van der Waals surface area contributed by atoms with Gasteiger partial charge in [0.05, 0.1) is 0 Å². The van der Waals surface area contributed by atoms with E-state index in [1.807, 2.05) is 26.8 Å². The Balaban J connectivity index is 2.60. The van der Waals surface area contributed by atoms with Gasteiger partial charge in [-0.25, -0.2) is 4.79 Å². The third-order valence-electron chi connectivity index (χ3n) is 3.89. The van der Waals surface area contributed by atoms with Gasteiger partial charge in [-0.1, -0.05) is 45.9 Å². The first-order valence-electron chi connectivity index (χ1n) is 9.40. The van der Waals surface area contributed by atoms with Gasteiger partial charge in [-0.3, -0.25) is 4.79 Å². The third-order valence-corrected chi connectivity index (χ3v) is 3.89. The number of anilines is 1. The van der Waals surface area contributed by atoms with Crippen LogP contribution in [0, 0.1) is 0 Å². The van der Waals surface area contributed by atoms with Crippen LogP contribution in [0.1, 0.15) is 84.3 Å². The van der Waals surface area contributed by atoms with Gasteiger partial charge >= 0.3 is 6.09 Å². The highest BCUT2D eigenvalue weighted by Gasteiger charge is 2.17. The molecule has 2 amide bonds. The molecule has 0 saturated carbocycles. The van der Waals surface area contributed by atoms with Gasteiger partial charge in [0.1, 0.15) is 5.60 Å². The van der Waals surface area contributed by atoms with Gasteiger partial charge in [0.25, 0.3) is 0 Å². The van der Waals surface area contributed by atoms with Gasteiger partial charge in [-0.2, -0.15) is 0 Å². The van der Waals surface area contributed by atoms with Gasteiger partial charge in [-0.05, 0) is 50.2 Å². The Morgan fingerprint density at radius 2 is 1.58 bits per heavy atom. The Hall–Kier alpha value is -2.04. The van der Waals surface area contributed by atoms with Crippen molar-refractivity contribution >= 4 is 17.7 Å². The third kappa shape index (κ3) is 7.46. The lowest BCUT2D eigenvalue weighted by molar-refractivity contribution is -0.116. The highest BCUT2D eigenvalue weighted by molar-refractivity contribution is 5.92. The molecular weight excluding hydrogens is 328 g/mol. The molecule has 2 N–H and O–H groups in total. The molecule has 0 saturated heterocycles. The Morgan fingerprint density at radius 1 is 1.04 bits per heavy atom. The standard InChI is InChI=1S/C21H34N2O3/c1-14(2)16-10-8-11-17(15(3)4)19(16)23-18(24)12-9-13-22-20(25)26-21(5,6)7/h8,10-11,14-15H,9,12-13H2,1-7H3,(H,22,25)(H,23,24). The van der Waals surface area contributed by atoms with Crippen molar-refractivity contribution in [3.63, 3.8) is 0 Å². The second kappa shape index (κ2) is 9.60. The second-order valence-corrected chi connectivity index (χ2v) is 8.20. The number of nitrogens with one attached hydrogen (secondary N) is 2. The largest absolute Gasteiger partial charge is 0.444 e. The summed E-state index contributed by atoms with van der Waals surface area (Å²) in [6, 6.07) is 6.18. The minimum atomic E-state index is -0.519. The predicted molar refractivity (Wildman–Crippen MR) is 107 cm³/mol. The summed E-state index contributed by atoms with van der Waals surface area (Å²) < 4.78 is 5.17. The molecule has 0 heterocycles. The Morgan fingerprint density at radius 3 is 2.04 bits per heavy atom. The highest BCUT2D eigenvalue weighted by Crippen LogP contribution is 2.32. The fourth-order valence-electron chi connectivity index (χ4n) is 2.65. The summed E-state index contributed by atoms with van der Waals surface area (Å²) in [6.07, 6.45) is 0.455. The van der Waals surface area contributed by atoms with Crippen molar-refractivity contribution in [3.8, 4) is 0 Å². The maximum absolute atomic E-state index is 12.4. The molecule has 0 aromatic heterocycles. The molecule has 1 rings (SSSR count). The molecule has 146 valence electrons. The topological polar surface area (TPSA) is 67.4 Å². The normalized spacial score (nSPS) is 11.6. The van der Waals surface area contributed by atoms with Crippen LogP contribution in [0.3, 0.4) is 0 Å². The van der Waals surface area contributed by atoms with Crippen molar-refractivity contribution in [2.75, 3.05) is 11.9 Å². The van der Waals surface area contributed by atoms with Gasteiger partial charge in [-0.15, -0.1) is 0 Å². The summed E-state index contributed by atoms with van der Waals surface area (Å²) in [6.45, 7) is 14.4. The van der Waals surface area contributed by atoms with Crippen LogP contribution in [0.5, 0.6) is 0 Å². The number of alkyl carbamates (subject to hydrolysis) is 1. The smallest absolute Gasteiger partial charge is 0.407 e. The summed E-state index contributed by atoms with van der Waals surface area (Å²) in [5, 5.41) is 5.76. The molecule has 0 spiro atoms. The molecule has 5 heteroatoms. The number of carbonyl (C=O) groups excluding carboxylic acids is 2. The van der Waals surface area contributed by atoms with E-state index in [1.165, 1.54) is 0 Å². The second-order valence-electron chi connectivity index (χ2n) is 8.20. The molecule has 0 fully saturated rings. The number of para-hydroxylation sites is 1. The Bertz CT molecular complexity index is 590. The first-order valence-corrected chi connectivity index (χ1v) is 9.40. The zero-order valence-corrected chi connectivity index (χ0v) is 17.2. The molecule has 0 radical (unpaired) electrons. The van der Waals surface area contributed by atoms with Crippen LogP contribution in [-0.4, -0.2) is 24.1 Å². The van der Waals surface area contributed by atoms with Gasteiger partial charge in [0.2, 0.25) is 5.91 Å². The molecule has 5 nitrogen and oxygen atoms in total. The highest BCUT2D eigenvalue weighted by atomic mass is 16.6. The summed E-state index contributed by atoms with van der Waals surface area (Å²) in [7, 11) is 0.